The lowest BCUT2D eigenvalue weighted by Gasteiger charge is -2.24. The predicted molar refractivity (Wildman–Crippen MR) is 164 cm³/mol. The number of halogens is 3. The maximum Gasteiger partial charge on any atom is 0.341 e. The van der Waals surface area contributed by atoms with Crippen LogP contribution in [0.3, 0.4) is 0 Å². The molecule has 2 atom stereocenters. The highest BCUT2D eigenvalue weighted by atomic mass is 35.5. The van der Waals surface area contributed by atoms with Crippen molar-refractivity contribution in [1.29, 1.82) is 0 Å². The first-order chi connectivity index (χ1) is 19.8. The third kappa shape index (κ3) is 6.87. The van der Waals surface area contributed by atoms with Crippen molar-refractivity contribution < 1.29 is 32.6 Å². The fourth-order valence-electron chi connectivity index (χ4n) is 4.94. The molecule has 1 saturated carbocycles. The second-order valence-electron chi connectivity index (χ2n) is 9.71. The maximum absolute atomic E-state index is 13.4. The van der Waals surface area contributed by atoms with E-state index in [1.54, 1.807) is 0 Å². The van der Waals surface area contributed by atoms with Crippen LogP contribution in [0, 0.1) is 11.8 Å². The second kappa shape index (κ2) is 13.2. The molecular weight excluding hydrogens is 643 g/mol. The monoisotopic (exact) mass is 666 g/mol. The van der Waals surface area contributed by atoms with Crippen molar-refractivity contribution in [3.63, 3.8) is 0 Å². The Bertz CT molecular complexity index is 1700. The Morgan fingerprint density at radius 3 is 2.14 bits per heavy atom. The zero-order valence-corrected chi connectivity index (χ0v) is 26.3. The van der Waals surface area contributed by atoms with Gasteiger partial charge in [-0.15, -0.1) is 0 Å². The van der Waals surface area contributed by atoms with Crippen LogP contribution in [0.15, 0.2) is 80.9 Å². The van der Waals surface area contributed by atoms with Crippen LogP contribution in [0.2, 0.25) is 15.1 Å². The van der Waals surface area contributed by atoms with E-state index in [1.807, 2.05) is 30.3 Å². The lowest BCUT2D eigenvalue weighted by atomic mass is 9.84. The van der Waals surface area contributed by atoms with Crippen LogP contribution in [0.25, 0.3) is 0 Å². The summed E-state index contributed by atoms with van der Waals surface area (Å²) in [5.41, 5.74) is 0.262. The number of hydrogen-bond donors (Lipinski definition) is 1. The lowest BCUT2D eigenvalue weighted by molar-refractivity contribution is -0.119. The van der Waals surface area contributed by atoms with Gasteiger partial charge < -0.3 is 9.84 Å². The van der Waals surface area contributed by atoms with Gasteiger partial charge in [-0.3, -0.25) is 9.59 Å². The molecule has 5 rings (SSSR count). The summed E-state index contributed by atoms with van der Waals surface area (Å²) >= 11 is 19.1. The number of carbonyl (C=O) groups is 3. The predicted octanol–water partition coefficient (Wildman–Crippen LogP) is 7.67. The highest BCUT2D eigenvalue weighted by molar-refractivity contribution is 8.03. The molecule has 0 spiro atoms. The van der Waals surface area contributed by atoms with Gasteiger partial charge in [0.1, 0.15) is 5.56 Å². The highest BCUT2D eigenvalue weighted by Crippen LogP contribution is 2.50. The standard InChI is InChI=1S/C22H19ClO4S2.C8H6Cl2O3/c1-29(26,27)16-9-10-17(18(23)12-16)21(25)19-20(24)13-7-8-14(11-13)22(19)28-15-5-3-2-4-6-15;1-13-7-5(10)3-2-4(9)6(7)8(11)12/h2-6,9-10,12-14H,7-8,11H2,1H3;2-3H,1H3,(H,11,12). The Balaban J connectivity index is 0.000000262. The van der Waals surface area contributed by atoms with Gasteiger partial charge in [0, 0.05) is 27.5 Å². The molecule has 0 saturated heterocycles. The first-order valence-corrected chi connectivity index (χ1v) is 16.5. The van der Waals surface area contributed by atoms with Gasteiger partial charge >= 0.3 is 5.97 Å². The molecule has 3 aromatic carbocycles. The first kappa shape index (κ1) is 32.1. The van der Waals surface area contributed by atoms with Crippen LogP contribution >= 0.6 is 46.6 Å². The molecule has 0 aromatic heterocycles. The minimum Gasteiger partial charge on any atom is -0.494 e. The molecule has 2 unspecified atom stereocenters. The summed E-state index contributed by atoms with van der Waals surface area (Å²) in [4.78, 5) is 39.0. The van der Waals surface area contributed by atoms with Crippen molar-refractivity contribution >= 4 is 73.9 Å². The number of sulfone groups is 1. The first-order valence-electron chi connectivity index (χ1n) is 12.6. The van der Waals surface area contributed by atoms with Gasteiger partial charge in [0.15, 0.2) is 27.2 Å². The summed E-state index contributed by atoms with van der Waals surface area (Å²) in [6, 6.07) is 16.6. The number of allylic oxidation sites excluding steroid dienone is 2. The summed E-state index contributed by atoms with van der Waals surface area (Å²) in [5.74, 6) is -1.55. The van der Waals surface area contributed by atoms with Gasteiger partial charge in [-0.1, -0.05) is 64.8 Å². The zero-order chi connectivity index (χ0) is 30.8. The van der Waals surface area contributed by atoms with Crippen LogP contribution in [-0.4, -0.2) is 44.4 Å². The number of thioether (sulfide) groups is 1. The third-order valence-electron chi connectivity index (χ3n) is 6.96. The normalized spacial score (nSPS) is 17.9. The SMILES string of the molecule is COc1c(Cl)ccc(Cl)c1C(=O)O.CS(=O)(=O)c1ccc(C(=O)C2=C(Sc3ccccc3)C3CCC(C3)C2=O)c(Cl)c1. The van der Waals surface area contributed by atoms with E-state index in [0.717, 1.165) is 35.3 Å². The van der Waals surface area contributed by atoms with Crippen molar-refractivity contribution in [3.05, 3.63) is 97.3 Å². The molecule has 3 aromatic rings. The van der Waals surface area contributed by atoms with Crippen LogP contribution in [-0.2, 0) is 14.6 Å². The van der Waals surface area contributed by atoms with Crippen molar-refractivity contribution in [2.24, 2.45) is 11.8 Å². The van der Waals surface area contributed by atoms with Crippen molar-refractivity contribution in [3.8, 4) is 5.75 Å². The van der Waals surface area contributed by atoms with Gasteiger partial charge in [0.2, 0.25) is 0 Å². The number of Topliss-reactive ketones (excluding diaryl/α,β-unsaturated/α-hetero) is 2. The van der Waals surface area contributed by atoms with E-state index in [1.165, 1.54) is 49.2 Å². The molecular formula is C30H25Cl3O7S2. The van der Waals surface area contributed by atoms with E-state index in [0.29, 0.717) is 0 Å². The molecule has 12 heteroatoms. The van der Waals surface area contributed by atoms with Crippen molar-refractivity contribution in [2.75, 3.05) is 13.4 Å². The molecule has 42 heavy (non-hydrogen) atoms. The number of carboxylic acid groups (broad SMARTS) is 1. The van der Waals surface area contributed by atoms with Crippen LogP contribution in [0.5, 0.6) is 5.75 Å². The van der Waals surface area contributed by atoms with Gasteiger partial charge in [-0.05, 0) is 67.6 Å². The number of aromatic carboxylic acids is 1. The molecule has 0 amide bonds. The van der Waals surface area contributed by atoms with E-state index in [-0.39, 0.29) is 60.0 Å². The average molecular weight is 668 g/mol. The lowest BCUT2D eigenvalue weighted by Crippen LogP contribution is -2.26. The molecule has 1 fully saturated rings. The van der Waals surface area contributed by atoms with Gasteiger partial charge in [0.25, 0.3) is 0 Å². The van der Waals surface area contributed by atoms with Crippen LogP contribution < -0.4 is 4.74 Å². The number of carboxylic acids is 1. The fraction of sp³-hybridized carbons (Fsp3) is 0.233. The van der Waals surface area contributed by atoms with Crippen molar-refractivity contribution in [1.82, 2.24) is 0 Å². The average Bonchev–Trinajstić information content (AvgIpc) is 3.39. The largest absolute Gasteiger partial charge is 0.494 e. The third-order valence-corrected chi connectivity index (χ3v) is 10.3. The summed E-state index contributed by atoms with van der Waals surface area (Å²) in [6.07, 6.45) is 3.55. The van der Waals surface area contributed by atoms with Gasteiger partial charge in [-0.2, -0.15) is 0 Å². The summed E-state index contributed by atoms with van der Waals surface area (Å²) in [5, 5.41) is 9.15. The minimum atomic E-state index is -3.44. The van der Waals surface area contributed by atoms with Crippen LogP contribution in [0.4, 0.5) is 0 Å². The fourth-order valence-corrected chi connectivity index (χ4v) is 7.60. The number of fused-ring (bicyclic) bond motifs is 2. The number of rotatable bonds is 7. The summed E-state index contributed by atoms with van der Waals surface area (Å²) < 4.78 is 28.3. The Hall–Kier alpha value is -2.82. The quantitative estimate of drug-likeness (QED) is 0.202. The van der Waals surface area contributed by atoms with E-state index in [9.17, 15) is 22.8 Å². The Kier molecular flexibility index (Phi) is 10.1. The number of methoxy groups -OCH3 is 1. The van der Waals surface area contributed by atoms with Gasteiger partial charge in [0.05, 0.1) is 32.6 Å². The molecule has 0 radical (unpaired) electrons. The molecule has 0 aliphatic heterocycles. The van der Waals surface area contributed by atoms with E-state index in [4.69, 9.17) is 44.6 Å². The summed E-state index contributed by atoms with van der Waals surface area (Å²) in [6.45, 7) is 0. The van der Waals surface area contributed by atoms with E-state index >= 15 is 0 Å². The topological polar surface area (TPSA) is 115 Å². The number of benzene rings is 3. The highest BCUT2D eigenvalue weighted by Gasteiger charge is 2.43. The van der Waals surface area contributed by atoms with E-state index in [2.05, 4.69) is 0 Å². The number of ether oxygens (including phenoxy) is 1. The van der Waals surface area contributed by atoms with E-state index < -0.39 is 21.6 Å². The Morgan fingerprint density at radius 1 is 0.929 bits per heavy atom. The molecule has 2 bridgehead atoms. The minimum absolute atomic E-state index is 0.0419. The maximum atomic E-state index is 13.4. The zero-order valence-electron chi connectivity index (χ0n) is 22.4. The molecule has 1 N–H and O–H groups in total. The second-order valence-corrected chi connectivity index (χ2v) is 14.1. The van der Waals surface area contributed by atoms with Crippen molar-refractivity contribution in [2.45, 2.75) is 29.1 Å². The number of ketones is 2. The molecule has 2 aliphatic rings. The van der Waals surface area contributed by atoms with Gasteiger partial charge in [-0.25, -0.2) is 13.2 Å². The molecule has 2 aliphatic carbocycles. The number of carbonyl (C=O) groups excluding carboxylic acids is 2. The van der Waals surface area contributed by atoms with Crippen LogP contribution in [0.1, 0.15) is 40.0 Å². The smallest absolute Gasteiger partial charge is 0.341 e. The Labute approximate surface area is 262 Å². The Morgan fingerprint density at radius 2 is 1.57 bits per heavy atom. The molecule has 0 heterocycles. The molecule has 220 valence electrons. The summed E-state index contributed by atoms with van der Waals surface area (Å²) in [7, 11) is -2.10. The molecule has 7 nitrogen and oxygen atoms in total. The number of hydrogen-bond acceptors (Lipinski definition) is 7.